The molecule has 0 aliphatic carbocycles. The van der Waals surface area contributed by atoms with Crippen LogP contribution in [0.3, 0.4) is 0 Å². The number of nitrogens with one attached hydrogen (secondary N) is 1. The van der Waals surface area contributed by atoms with Crippen molar-refractivity contribution in [3.8, 4) is 0 Å². The molecule has 0 bridgehead atoms. The molecule has 4 N–H and O–H groups in total. The summed E-state index contributed by atoms with van der Waals surface area (Å²) >= 11 is 7.20. The summed E-state index contributed by atoms with van der Waals surface area (Å²) < 4.78 is 0.665. The Kier molecular flexibility index (Phi) is 11.5. The van der Waals surface area contributed by atoms with E-state index in [2.05, 4.69) is 31.1 Å². The Morgan fingerprint density at radius 3 is 2.59 bits per heavy atom. The summed E-state index contributed by atoms with van der Waals surface area (Å²) in [7, 11) is 0. The van der Waals surface area contributed by atoms with Crippen LogP contribution in [0.1, 0.15) is 51.0 Å². The molecular weight excluding hydrogens is 433 g/mol. The Hall–Kier alpha value is -0.0500. The van der Waals surface area contributed by atoms with Crippen molar-refractivity contribution in [3.05, 3.63) is 21.3 Å². The Balaban J connectivity index is 0.00000441. The molecule has 0 spiro atoms. The zero-order chi connectivity index (χ0) is 15.8. The average molecular weight is 460 g/mol. The summed E-state index contributed by atoms with van der Waals surface area (Å²) in [5, 5.41) is 13.1. The molecule has 0 saturated carbocycles. The number of hydrogen-bond donors (Lipinski definition) is 3. The number of thiophene rings is 1. The summed E-state index contributed by atoms with van der Waals surface area (Å²) in [6.45, 7) is 6.80. The van der Waals surface area contributed by atoms with Crippen molar-refractivity contribution in [1.29, 1.82) is 0 Å². The molecular formula is C15H27ClIN3OS. The van der Waals surface area contributed by atoms with E-state index in [0.717, 1.165) is 17.2 Å². The minimum atomic E-state index is -0.654. The van der Waals surface area contributed by atoms with Gasteiger partial charge in [-0.3, -0.25) is 4.99 Å². The summed E-state index contributed by atoms with van der Waals surface area (Å²) in [5.41, 5.74) is 5.84. The van der Waals surface area contributed by atoms with E-state index in [9.17, 15) is 5.11 Å². The van der Waals surface area contributed by atoms with E-state index in [1.54, 1.807) is 6.07 Å². The molecule has 0 radical (unpaired) electrons. The minimum Gasteiger partial charge on any atom is -0.386 e. The van der Waals surface area contributed by atoms with Crippen molar-refractivity contribution < 1.29 is 5.11 Å². The van der Waals surface area contributed by atoms with E-state index in [1.165, 1.54) is 24.2 Å². The maximum atomic E-state index is 9.98. The lowest BCUT2D eigenvalue weighted by Crippen LogP contribution is -2.38. The van der Waals surface area contributed by atoms with Gasteiger partial charge < -0.3 is 16.2 Å². The fraction of sp³-hybridized carbons (Fsp3) is 0.667. The van der Waals surface area contributed by atoms with Crippen LogP contribution in [-0.4, -0.2) is 23.7 Å². The summed E-state index contributed by atoms with van der Waals surface area (Å²) in [5.74, 6) is 1.12. The largest absolute Gasteiger partial charge is 0.386 e. The zero-order valence-corrected chi connectivity index (χ0v) is 17.3. The van der Waals surface area contributed by atoms with Crippen molar-refractivity contribution in [2.75, 3.05) is 6.54 Å². The zero-order valence-electron chi connectivity index (χ0n) is 13.4. The van der Waals surface area contributed by atoms with Crippen LogP contribution in [-0.2, 0) is 0 Å². The third-order valence-electron chi connectivity index (χ3n) is 3.17. The van der Waals surface area contributed by atoms with Gasteiger partial charge in [-0.2, -0.15) is 0 Å². The molecule has 7 heteroatoms. The second-order valence-corrected chi connectivity index (χ2v) is 7.50. The molecule has 1 aromatic rings. The maximum absolute atomic E-state index is 9.98. The van der Waals surface area contributed by atoms with Crippen molar-refractivity contribution in [2.45, 2.75) is 52.2 Å². The molecule has 0 fully saturated rings. The van der Waals surface area contributed by atoms with E-state index in [1.807, 2.05) is 6.07 Å². The summed E-state index contributed by atoms with van der Waals surface area (Å²) in [6, 6.07) is 3.87. The van der Waals surface area contributed by atoms with E-state index in [4.69, 9.17) is 17.3 Å². The number of hydrogen-bond acceptors (Lipinski definition) is 3. The molecule has 22 heavy (non-hydrogen) atoms. The van der Waals surface area contributed by atoms with Crippen molar-refractivity contribution in [1.82, 2.24) is 5.32 Å². The second-order valence-electron chi connectivity index (χ2n) is 5.75. The first-order chi connectivity index (χ1) is 9.88. The fourth-order valence-electron chi connectivity index (χ4n) is 1.98. The van der Waals surface area contributed by atoms with E-state index < -0.39 is 6.10 Å². The third kappa shape index (κ3) is 9.17. The standard InChI is InChI=1S/C15H26ClN3OS.HI/c1-10(2)5-4-6-11(3)19-15(17)18-9-12(20)13-7-8-14(16)21-13;/h7-8,10-12,20H,4-6,9H2,1-3H3,(H3,17,18,19);1H. The van der Waals surface area contributed by atoms with Crippen LogP contribution >= 0.6 is 46.9 Å². The highest BCUT2D eigenvalue weighted by atomic mass is 127. The maximum Gasteiger partial charge on any atom is 0.188 e. The van der Waals surface area contributed by atoms with Gasteiger partial charge in [-0.15, -0.1) is 35.3 Å². The molecule has 1 heterocycles. The van der Waals surface area contributed by atoms with Gasteiger partial charge in [-0.05, 0) is 31.4 Å². The third-order valence-corrected chi connectivity index (χ3v) is 4.50. The second kappa shape index (κ2) is 11.5. The van der Waals surface area contributed by atoms with Crippen LogP contribution in [0.2, 0.25) is 4.34 Å². The molecule has 0 aromatic carbocycles. The van der Waals surface area contributed by atoms with Crippen LogP contribution in [0.15, 0.2) is 17.1 Å². The average Bonchev–Trinajstić information content (AvgIpc) is 2.82. The smallest absolute Gasteiger partial charge is 0.188 e. The van der Waals surface area contributed by atoms with Crippen molar-refractivity contribution in [2.24, 2.45) is 16.6 Å². The van der Waals surface area contributed by atoms with Gasteiger partial charge in [0.25, 0.3) is 0 Å². The lowest BCUT2D eigenvalue weighted by molar-refractivity contribution is 0.191. The number of aliphatic imine (C=N–C) groups is 1. The van der Waals surface area contributed by atoms with Gasteiger partial charge in [-0.1, -0.05) is 38.3 Å². The SMILES string of the molecule is CC(C)CCCC(C)NC(N)=NCC(O)c1ccc(Cl)s1.I. The lowest BCUT2D eigenvalue weighted by Gasteiger charge is -2.15. The van der Waals surface area contributed by atoms with Crippen LogP contribution in [0.4, 0.5) is 0 Å². The number of nitrogens with zero attached hydrogens (tertiary/aromatic N) is 1. The van der Waals surface area contributed by atoms with Gasteiger partial charge >= 0.3 is 0 Å². The number of aliphatic hydroxyl groups is 1. The van der Waals surface area contributed by atoms with Crippen LogP contribution in [0.25, 0.3) is 0 Å². The first-order valence-electron chi connectivity index (χ1n) is 7.38. The fourth-order valence-corrected chi connectivity index (χ4v) is 3.02. The monoisotopic (exact) mass is 459 g/mol. The number of halogens is 2. The Morgan fingerprint density at radius 1 is 1.36 bits per heavy atom. The quantitative estimate of drug-likeness (QED) is 0.310. The first-order valence-corrected chi connectivity index (χ1v) is 8.57. The number of guanidine groups is 1. The predicted molar refractivity (Wildman–Crippen MR) is 107 cm³/mol. The predicted octanol–water partition coefficient (Wildman–Crippen LogP) is 4.17. The minimum absolute atomic E-state index is 0. The molecule has 2 unspecified atom stereocenters. The van der Waals surface area contributed by atoms with Crippen LogP contribution < -0.4 is 11.1 Å². The van der Waals surface area contributed by atoms with Gasteiger partial charge in [0.15, 0.2) is 5.96 Å². The lowest BCUT2D eigenvalue weighted by atomic mass is 10.0. The molecule has 2 atom stereocenters. The molecule has 128 valence electrons. The van der Waals surface area contributed by atoms with E-state index in [0.29, 0.717) is 16.3 Å². The summed E-state index contributed by atoms with van der Waals surface area (Å²) in [6.07, 6.45) is 2.81. The van der Waals surface area contributed by atoms with Crippen LogP contribution in [0.5, 0.6) is 0 Å². The highest BCUT2D eigenvalue weighted by Gasteiger charge is 2.10. The highest BCUT2D eigenvalue weighted by Crippen LogP contribution is 2.26. The molecule has 0 amide bonds. The normalized spacial score (nSPS) is 14.5. The van der Waals surface area contributed by atoms with Crippen molar-refractivity contribution in [3.63, 3.8) is 0 Å². The van der Waals surface area contributed by atoms with Crippen molar-refractivity contribution >= 4 is 52.9 Å². The number of nitrogens with two attached hydrogens (primary N) is 1. The van der Waals surface area contributed by atoms with Crippen LogP contribution in [0, 0.1) is 5.92 Å². The Bertz CT molecular complexity index is 454. The highest BCUT2D eigenvalue weighted by molar-refractivity contribution is 14.0. The molecule has 4 nitrogen and oxygen atoms in total. The van der Waals surface area contributed by atoms with E-state index >= 15 is 0 Å². The molecule has 0 aliphatic heterocycles. The topological polar surface area (TPSA) is 70.6 Å². The van der Waals surface area contributed by atoms with Gasteiger partial charge in [0.05, 0.1) is 10.9 Å². The summed E-state index contributed by atoms with van der Waals surface area (Å²) in [4.78, 5) is 5.00. The van der Waals surface area contributed by atoms with Gasteiger partial charge in [-0.25, -0.2) is 0 Å². The molecule has 1 rings (SSSR count). The number of aliphatic hydroxyl groups excluding tert-OH is 1. The van der Waals surface area contributed by atoms with E-state index in [-0.39, 0.29) is 30.5 Å². The Morgan fingerprint density at radius 2 is 2.05 bits per heavy atom. The first kappa shape index (κ1) is 21.9. The molecule has 1 aromatic heterocycles. The Labute approximate surface area is 159 Å². The molecule has 0 aliphatic rings. The van der Waals surface area contributed by atoms with Gasteiger partial charge in [0, 0.05) is 10.9 Å². The molecule has 0 saturated heterocycles. The van der Waals surface area contributed by atoms with Gasteiger partial charge in [0.2, 0.25) is 0 Å². The number of rotatable bonds is 8. The van der Waals surface area contributed by atoms with Gasteiger partial charge in [0.1, 0.15) is 6.10 Å².